The van der Waals surface area contributed by atoms with Crippen molar-refractivity contribution in [3.63, 3.8) is 0 Å². The van der Waals surface area contributed by atoms with Gasteiger partial charge in [-0.2, -0.15) is 0 Å². The molecule has 0 unspecified atom stereocenters. The normalized spacial score (nSPS) is 24.6. The summed E-state index contributed by atoms with van der Waals surface area (Å²) in [5, 5.41) is 75.0. The molecule has 378 valence electrons. The highest BCUT2D eigenvalue weighted by molar-refractivity contribution is 6.00. The second kappa shape index (κ2) is 20.2. The fraction of sp³-hybridized carbons (Fsp3) is 0.268. The Morgan fingerprint density at radius 3 is 1.34 bits per heavy atom. The number of para-hydroxylation sites is 1. The molecule has 1 aromatic carbocycles. The van der Waals surface area contributed by atoms with E-state index in [0.717, 1.165) is 61.3 Å². The number of aliphatic hydroxyl groups is 7. The minimum atomic E-state index is -1.82. The quantitative estimate of drug-likeness (QED) is 0.0897. The third kappa shape index (κ3) is 9.11. The summed E-state index contributed by atoms with van der Waals surface area (Å²) in [6, 6.07) is 27.6. The first-order valence-corrected chi connectivity index (χ1v) is 24.2. The Hall–Kier alpha value is -7.33. The van der Waals surface area contributed by atoms with E-state index in [-0.39, 0.29) is 5.75 Å². The van der Waals surface area contributed by atoms with Gasteiger partial charge in [0.05, 0.1) is 36.0 Å². The number of nitrogens with zero attached hydrogens (tertiary/aromatic N) is 5. The molecule has 9 N–H and O–H groups in total. The molecule has 0 aliphatic carbocycles. The molecule has 0 radical (unpaired) electrons. The lowest BCUT2D eigenvalue weighted by Crippen LogP contribution is -2.65. The van der Waals surface area contributed by atoms with Crippen molar-refractivity contribution < 1.29 is 68.4 Å². The highest BCUT2D eigenvalue weighted by Gasteiger charge is 2.51. The van der Waals surface area contributed by atoms with Crippen molar-refractivity contribution in [1.82, 2.24) is 19.9 Å². The number of aryl methyl sites for hydroxylation is 3. The van der Waals surface area contributed by atoms with Crippen molar-refractivity contribution >= 4 is 46.4 Å². The molecule has 0 amide bonds. The lowest BCUT2D eigenvalue weighted by molar-refractivity contribution is -0.671. The summed E-state index contributed by atoms with van der Waals surface area (Å²) in [5.41, 5.74) is 12.4. The zero-order valence-electron chi connectivity index (χ0n) is 40.5. The molecule has 74 heavy (non-hydrogen) atoms. The smallest absolute Gasteiger partial charge is 0.229 e. The lowest BCUT2D eigenvalue weighted by Gasteiger charge is -2.45. The molecule has 2 saturated heterocycles. The van der Waals surface area contributed by atoms with Gasteiger partial charge in [0, 0.05) is 86.3 Å². The predicted molar refractivity (Wildman–Crippen MR) is 271 cm³/mol. The third-order valence-electron chi connectivity index (χ3n) is 13.9. The Morgan fingerprint density at radius 2 is 0.878 bits per heavy atom. The molecule has 4 aliphatic heterocycles. The Labute approximate surface area is 424 Å². The first-order valence-electron chi connectivity index (χ1n) is 24.2. The van der Waals surface area contributed by atoms with Gasteiger partial charge >= 0.3 is 0 Å². The Balaban J connectivity index is 1.10. The van der Waals surface area contributed by atoms with Gasteiger partial charge in [-0.3, -0.25) is 0 Å². The summed E-state index contributed by atoms with van der Waals surface area (Å²) in [7, 11) is 5.92. The first-order chi connectivity index (χ1) is 35.9. The van der Waals surface area contributed by atoms with Crippen LogP contribution in [0.2, 0.25) is 0 Å². The fourth-order valence-electron chi connectivity index (χ4n) is 9.96. The molecule has 7 aromatic rings. The van der Waals surface area contributed by atoms with Crippen LogP contribution in [0.25, 0.3) is 90.9 Å². The van der Waals surface area contributed by atoms with Gasteiger partial charge in [0.1, 0.15) is 75.7 Å². The van der Waals surface area contributed by atoms with Gasteiger partial charge in [0.15, 0.2) is 43.5 Å². The number of benzene rings is 1. The second-order valence-corrected chi connectivity index (χ2v) is 18.9. The second-order valence-electron chi connectivity index (χ2n) is 18.9. The van der Waals surface area contributed by atoms with Gasteiger partial charge in [-0.15, -0.1) is 0 Å². The van der Waals surface area contributed by atoms with Gasteiger partial charge in [-0.1, -0.05) is 18.2 Å². The SMILES string of the molecule is C[n+]1ccc(-c2c3nc(c(-c4cc[n+](C)cc4)c4ccc([nH]4)c(-c4ccccc4O[C@@H]4O[C@H](CO)[C@@H](O[C@@H]5O[C@H](CO)[C@H](O)[C@H](O)[C@H]5O)[C@H](O)[C@H]4O)c4nc(c(-c5cc[n+](C)cc5)c5ccc2[nH]5)C=C4)C=C3)cc1. The molecule has 18 heteroatoms. The average molecular weight is 1000 g/mol. The molecule has 4 aliphatic rings. The number of rotatable bonds is 10. The van der Waals surface area contributed by atoms with E-state index >= 15 is 0 Å². The van der Waals surface area contributed by atoms with Gasteiger partial charge in [-0.25, -0.2) is 23.7 Å². The molecule has 11 rings (SSSR count). The van der Waals surface area contributed by atoms with E-state index in [1.54, 1.807) is 12.1 Å². The van der Waals surface area contributed by atoms with Gasteiger partial charge < -0.3 is 64.7 Å². The maximum absolute atomic E-state index is 11.7. The number of fused-ring (bicyclic) bond motifs is 8. The summed E-state index contributed by atoms with van der Waals surface area (Å²) in [6.45, 7) is -1.45. The van der Waals surface area contributed by atoms with E-state index in [2.05, 4.69) is 34.2 Å². The topological polar surface area (TPSA) is 248 Å². The highest BCUT2D eigenvalue weighted by atomic mass is 16.7. The lowest BCUT2D eigenvalue weighted by atomic mass is 9.97. The molecule has 2 fully saturated rings. The Morgan fingerprint density at radius 1 is 0.473 bits per heavy atom. The molecule has 10 heterocycles. The number of aromatic amines is 2. The molecule has 0 saturated carbocycles. The number of pyridine rings is 3. The number of nitrogens with one attached hydrogen (secondary N) is 2. The van der Waals surface area contributed by atoms with E-state index < -0.39 is 74.6 Å². The van der Waals surface area contributed by atoms with E-state index in [1.165, 1.54) is 0 Å². The number of aromatic nitrogens is 7. The van der Waals surface area contributed by atoms with Crippen molar-refractivity contribution in [2.75, 3.05) is 13.2 Å². The standard InChI is InChI=1S/C56H55N7O11/c1-61-22-16-30(17-23-61)45-34-8-10-36(57-34)46(31-18-24-62(2)25-19-31)38-12-14-40(59-38)48(41-15-13-39(60-41)47(37-11-9-35(45)58-37)32-20-26-63(3)27-21-32)33-6-4-5-7-42(33)71-55-53(70)51(68)54(44(29-65)73-55)74-56-52(69)50(67)49(66)43(28-64)72-56/h4-27,43-44,49-56,64-70H,28-29H2,1-3H3,(H,57,58,59,60)/q+2/p+1/t43-,44-,49+,50+,51-,52-,53-,54-,55-,56+/m1/s1. The van der Waals surface area contributed by atoms with Crippen molar-refractivity contribution in [3.8, 4) is 50.3 Å². The summed E-state index contributed by atoms with van der Waals surface area (Å²) >= 11 is 0. The van der Waals surface area contributed by atoms with Crippen LogP contribution in [0, 0.1) is 0 Å². The molecule has 8 bridgehead atoms. The van der Waals surface area contributed by atoms with E-state index in [0.29, 0.717) is 28.0 Å². The molecule has 10 atom stereocenters. The monoisotopic (exact) mass is 1000 g/mol. The summed E-state index contributed by atoms with van der Waals surface area (Å²) in [6.07, 6.45) is 3.71. The molecular weight excluding hydrogens is 947 g/mol. The summed E-state index contributed by atoms with van der Waals surface area (Å²) in [5.74, 6) is 0.229. The van der Waals surface area contributed by atoms with E-state index in [9.17, 15) is 35.7 Å². The number of ether oxygens (including phenoxy) is 4. The molecule has 6 aromatic heterocycles. The number of aliphatic hydroxyl groups excluding tert-OH is 7. The number of H-pyrrole nitrogens is 2. The fourth-order valence-corrected chi connectivity index (χ4v) is 9.96. The van der Waals surface area contributed by atoms with Crippen LogP contribution in [-0.4, -0.2) is 130 Å². The van der Waals surface area contributed by atoms with E-state index in [1.807, 2.05) is 145 Å². The third-order valence-corrected chi connectivity index (χ3v) is 13.9. The van der Waals surface area contributed by atoms with Crippen LogP contribution in [0.15, 0.2) is 122 Å². The molecular formula is C56H56N7O11+3. The molecule has 18 nitrogen and oxygen atoms in total. The van der Waals surface area contributed by atoms with Crippen LogP contribution >= 0.6 is 0 Å². The first kappa shape index (κ1) is 48.9. The predicted octanol–water partition coefficient (Wildman–Crippen LogP) is 2.80. The molecule has 0 spiro atoms. The average Bonchev–Trinajstić information content (AvgIpc) is 4.27. The minimum absolute atomic E-state index is 0.229. The Kier molecular flexibility index (Phi) is 13.3. The van der Waals surface area contributed by atoms with Crippen molar-refractivity contribution in [2.45, 2.75) is 61.4 Å². The van der Waals surface area contributed by atoms with Crippen molar-refractivity contribution in [1.29, 1.82) is 0 Å². The zero-order chi connectivity index (χ0) is 51.4. The van der Waals surface area contributed by atoms with Crippen LogP contribution in [0.5, 0.6) is 5.75 Å². The summed E-state index contributed by atoms with van der Waals surface area (Å²) in [4.78, 5) is 18.3. The van der Waals surface area contributed by atoms with Crippen molar-refractivity contribution in [2.24, 2.45) is 21.1 Å². The minimum Gasteiger partial charge on any atom is -0.461 e. The van der Waals surface area contributed by atoms with Crippen LogP contribution in [0.4, 0.5) is 0 Å². The van der Waals surface area contributed by atoms with Crippen LogP contribution in [0.1, 0.15) is 22.8 Å². The number of hydrogen-bond acceptors (Lipinski definition) is 13. The van der Waals surface area contributed by atoms with Gasteiger partial charge in [0.2, 0.25) is 6.29 Å². The van der Waals surface area contributed by atoms with Crippen LogP contribution in [-0.2, 0) is 35.4 Å². The number of hydrogen-bond donors (Lipinski definition) is 9. The van der Waals surface area contributed by atoms with Crippen LogP contribution in [0.3, 0.4) is 0 Å². The highest BCUT2D eigenvalue weighted by Crippen LogP contribution is 2.41. The Bertz CT molecular complexity index is 3410. The van der Waals surface area contributed by atoms with Crippen LogP contribution < -0.4 is 18.4 Å². The zero-order valence-corrected chi connectivity index (χ0v) is 40.5. The van der Waals surface area contributed by atoms with E-state index in [4.69, 9.17) is 28.9 Å². The maximum Gasteiger partial charge on any atom is 0.229 e. The summed E-state index contributed by atoms with van der Waals surface area (Å²) < 4.78 is 29.9. The largest absolute Gasteiger partial charge is 0.461 e. The van der Waals surface area contributed by atoms with Crippen molar-refractivity contribution in [3.05, 3.63) is 145 Å². The van der Waals surface area contributed by atoms with Gasteiger partial charge in [-0.05, 0) is 71.3 Å². The van der Waals surface area contributed by atoms with Gasteiger partial charge in [0.25, 0.3) is 0 Å². The maximum atomic E-state index is 11.7.